The second-order valence-corrected chi connectivity index (χ2v) is 6.60. The summed E-state index contributed by atoms with van der Waals surface area (Å²) in [5.41, 5.74) is 2.09. The molecular weight excluding hydrogens is 402 g/mol. The summed E-state index contributed by atoms with van der Waals surface area (Å²) >= 11 is 1.63. The highest BCUT2D eigenvalue weighted by molar-refractivity contribution is 7.97. The van der Waals surface area contributed by atoms with Gasteiger partial charge in [0.2, 0.25) is 6.33 Å². The Kier molecular flexibility index (Phi) is 7.73. The highest BCUT2D eigenvalue weighted by Gasteiger charge is 2.09. The summed E-state index contributed by atoms with van der Waals surface area (Å²) in [6.07, 6.45) is 6.26. The van der Waals surface area contributed by atoms with Crippen LogP contribution in [0.2, 0.25) is 0 Å². The number of halogens is 1. The van der Waals surface area contributed by atoms with Gasteiger partial charge in [-0.25, -0.2) is 13.5 Å². The van der Waals surface area contributed by atoms with Gasteiger partial charge in [0, 0.05) is 12.2 Å². The molecule has 25 heavy (non-hydrogen) atoms. The summed E-state index contributed by atoms with van der Waals surface area (Å²) in [5, 5.41) is 11.7. The second-order valence-electron chi connectivity index (χ2n) is 5.64. The first kappa shape index (κ1) is 19.7. The fraction of sp³-hybridized carbons (Fsp3) is 0.438. The third-order valence-corrected chi connectivity index (χ3v) is 4.70. The molecular formula is C16H24BrN7S. The average Bonchev–Trinajstić information content (AvgIpc) is 3.26. The Bertz CT molecular complexity index is 667. The number of hydrogen-bond donors (Lipinski definition) is 1. The molecule has 1 aromatic heterocycles. The van der Waals surface area contributed by atoms with E-state index in [1.54, 1.807) is 11.9 Å². The number of rotatable bonds is 7. The monoisotopic (exact) mass is 425 g/mol. The predicted octanol–water partition coefficient (Wildman–Crippen LogP) is -0.690. The smallest absolute Gasteiger partial charge is 0.243 e. The van der Waals surface area contributed by atoms with E-state index in [4.69, 9.17) is 0 Å². The minimum Gasteiger partial charge on any atom is -1.00 e. The van der Waals surface area contributed by atoms with Crippen LogP contribution >= 0.6 is 11.9 Å². The molecule has 1 fully saturated rings. The molecule has 136 valence electrons. The van der Waals surface area contributed by atoms with Gasteiger partial charge < -0.3 is 21.9 Å². The van der Waals surface area contributed by atoms with Crippen LogP contribution in [0.3, 0.4) is 0 Å². The van der Waals surface area contributed by atoms with Gasteiger partial charge in [-0.2, -0.15) is 0 Å². The number of benzene rings is 1. The van der Waals surface area contributed by atoms with Gasteiger partial charge in [-0.05, 0) is 43.1 Å². The Labute approximate surface area is 163 Å². The van der Waals surface area contributed by atoms with Crippen LogP contribution in [0, 0.1) is 0 Å². The summed E-state index contributed by atoms with van der Waals surface area (Å²) in [6.45, 7) is 5.84. The fourth-order valence-electron chi connectivity index (χ4n) is 2.54. The maximum atomic E-state index is 4.28. The van der Waals surface area contributed by atoms with Crippen molar-refractivity contribution < 1.29 is 21.5 Å². The van der Waals surface area contributed by atoms with E-state index in [0.29, 0.717) is 0 Å². The van der Waals surface area contributed by atoms with E-state index in [9.17, 15) is 0 Å². The van der Waals surface area contributed by atoms with E-state index >= 15 is 0 Å². The first-order chi connectivity index (χ1) is 11.7. The maximum absolute atomic E-state index is 4.28. The zero-order chi connectivity index (χ0) is 16.8. The lowest BCUT2D eigenvalue weighted by Gasteiger charge is -2.22. The standard InChI is InChI=1S/C16H24N7S.BrH/c1-3-22(11-10-21-9-8-20(2)14-21)16-6-4-15(5-7-16)18-19-23-12-17-13-24-23;/h4-9,14,17H,3,10-13H2,1-2H3;1H/q+1;/p-1/b19-18+;. The molecule has 0 aliphatic carbocycles. The number of nitrogens with zero attached hydrogens (tertiary/aromatic N) is 6. The van der Waals surface area contributed by atoms with Gasteiger partial charge in [-0.1, -0.05) is 5.22 Å². The Morgan fingerprint density at radius 3 is 2.72 bits per heavy atom. The fourth-order valence-corrected chi connectivity index (χ4v) is 3.14. The summed E-state index contributed by atoms with van der Waals surface area (Å²) in [6, 6.07) is 8.27. The zero-order valence-electron chi connectivity index (χ0n) is 14.5. The van der Waals surface area contributed by atoms with E-state index < -0.39 is 0 Å². The predicted molar refractivity (Wildman–Crippen MR) is 96.8 cm³/mol. The van der Waals surface area contributed by atoms with Gasteiger partial charge in [0.25, 0.3) is 0 Å². The summed E-state index contributed by atoms with van der Waals surface area (Å²) < 4.78 is 6.11. The van der Waals surface area contributed by atoms with Crippen LogP contribution < -0.4 is 31.8 Å². The molecule has 1 aliphatic heterocycles. The van der Waals surface area contributed by atoms with Crippen molar-refractivity contribution in [2.24, 2.45) is 17.4 Å². The molecule has 7 nitrogen and oxygen atoms in total. The maximum Gasteiger partial charge on any atom is 0.243 e. The van der Waals surface area contributed by atoms with E-state index in [-0.39, 0.29) is 17.0 Å². The molecule has 2 heterocycles. The number of anilines is 1. The van der Waals surface area contributed by atoms with E-state index in [0.717, 1.165) is 37.9 Å². The first-order valence-electron chi connectivity index (χ1n) is 8.13. The van der Waals surface area contributed by atoms with E-state index in [1.165, 1.54) is 5.69 Å². The molecule has 9 heteroatoms. The molecule has 0 unspecified atom stereocenters. The largest absolute Gasteiger partial charge is 1.00 e. The highest BCUT2D eigenvalue weighted by atomic mass is 79.9. The number of aromatic nitrogens is 2. The van der Waals surface area contributed by atoms with Crippen LogP contribution in [0.5, 0.6) is 0 Å². The lowest BCUT2D eigenvalue weighted by Crippen LogP contribution is -3.00. The van der Waals surface area contributed by atoms with Crippen molar-refractivity contribution in [3.8, 4) is 0 Å². The molecule has 1 saturated heterocycles. The molecule has 1 aliphatic rings. The Hall–Kier alpha value is -1.58. The van der Waals surface area contributed by atoms with E-state index in [2.05, 4.69) is 67.5 Å². The molecule has 0 amide bonds. The number of imidazole rings is 1. The summed E-state index contributed by atoms with van der Waals surface area (Å²) in [7, 11) is 2.04. The van der Waals surface area contributed by atoms with Gasteiger partial charge in [-0.3, -0.25) is 5.32 Å². The number of hydrogen-bond acceptors (Lipinski definition) is 5. The summed E-state index contributed by atoms with van der Waals surface area (Å²) in [4.78, 5) is 2.36. The lowest BCUT2D eigenvalue weighted by atomic mass is 10.2. The van der Waals surface area contributed by atoms with Crippen LogP contribution in [0.15, 0.2) is 53.3 Å². The molecule has 0 bridgehead atoms. The molecule has 0 spiro atoms. The molecule has 1 N–H and O–H groups in total. The molecule has 0 atom stereocenters. The quantitative estimate of drug-likeness (QED) is 0.362. The Morgan fingerprint density at radius 1 is 1.32 bits per heavy atom. The Balaban J connectivity index is 0.00000225. The molecule has 1 aromatic carbocycles. The third kappa shape index (κ3) is 5.72. The van der Waals surface area contributed by atoms with Crippen LogP contribution in [0.4, 0.5) is 11.4 Å². The third-order valence-electron chi connectivity index (χ3n) is 3.87. The lowest BCUT2D eigenvalue weighted by molar-refractivity contribution is -0.671. The minimum atomic E-state index is 0. The van der Waals surface area contributed by atoms with Gasteiger partial charge in [0.15, 0.2) is 0 Å². The average molecular weight is 426 g/mol. The molecule has 2 aromatic rings. The van der Waals surface area contributed by atoms with Gasteiger partial charge in [0.1, 0.15) is 25.6 Å². The van der Waals surface area contributed by atoms with Crippen molar-refractivity contribution >= 4 is 23.3 Å². The normalized spacial score (nSPS) is 14.1. The van der Waals surface area contributed by atoms with Crippen LogP contribution in [-0.4, -0.2) is 34.6 Å². The van der Waals surface area contributed by atoms with Crippen LogP contribution in [-0.2, 0) is 13.6 Å². The molecule has 3 rings (SSSR count). The van der Waals surface area contributed by atoms with Crippen molar-refractivity contribution in [2.45, 2.75) is 13.5 Å². The van der Waals surface area contributed by atoms with Crippen LogP contribution in [0.25, 0.3) is 0 Å². The second kappa shape index (κ2) is 9.79. The molecule has 0 saturated carbocycles. The molecule has 0 radical (unpaired) electrons. The van der Waals surface area contributed by atoms with Crippen molar-refractivity contribution in [3.63, 3.8) is 0 Å². The van der Waals surface area contributed by atoms with Crippen molar-refractivity contribution in [2.75, 3.05) is 30.5 Å². The van der Waals surface area contributed by atoms with Gasteiger partial charge >= 0.3 is 0 Å². The van der Waals surface area contributed by atoms with Crippen molar-refractivity contribution in [1.29, 1.82) is 0 Å². The topological polar surface area (TPSA) is 52.0 Å². The SMILES string of the molecule is CCN(CCn1cc[n+](C)c1)c1ccc(/N=N/N2CNCS2)cc1.[Br-]. The van der Waals surface area contributed by atoms with Crippen LogP contribution in [0.1, 0.15) is 6.92 Å². The Morgan fingerprint density at radius 2 is 2.12 bits per heavy atom. The zero-order valence-corrected chi connectivity index (χ0v) is 16.9. The first-order valence-corrected chi connectivity index (χ1v) is 9.07. The number of likely N-dealkylation sites (N-methyl/N-ethyl adjacent to an activating group) is 1. The van der Waals surface area contributed by atoms with Gasteiger partial charge in [0.05, 0.1) is 25.2 Å². The van der Waals surface area contributed by atoms with Crippen molar-refractivity contribution in [1.82, 2.24) is 14.3 Å². The highest BCUT2D eigenvalue weighted by Crippen LogP contribution is 2.22. The van der Waals surface area contributed by atoms with Crippen molar-refractivity contribution in [3.05, 3.63) is 43.0 Å². The summed E-state index contributed by atoms with van der Waals surface area (Å²) in [5.74, 6) is 0.892. The number of nitrogens with one attached hydrogen (secondary N) is 1. The van der Waals surface area contributed by atoms with Gasteiger partial charge in [-0.15, -0.1) is 5.11 Å². The minimum absolute atomic E-state index is 0. The number of aryl methyl sites for hydroxylation is 1. The van der Waals surface area contributed by atoms with E-state index in [1.807, 2.05) is 23.6 Å².